The molecule has 9 heteroatoms. The average molecular weight is 417 g/mol. The van der Waals surface area contributed by atoms with E-state index in [4.69, 9.17) is 5.26 Å². The maximum Gasteiger partial charge on any atom is 0.260 e. The Morgan fingerprint density at radius 1 is 1.43 bits per heavy atom. The minimum atomic E-state index is -0.458. The number of thioether (sulfide) groups is 1. The van der Waals surface area contributed by atoms with Crippen LogP contribution in [0.15, 0.2) is 39.6 Å². The van der Waals surface area contributed by atoms with Gasteiger partial charge in [0.15, 0.2) is 5.16 Å². The van der Waals surface area contributed by atoms with Crippen molar-refractivity contribution in [2.45, 2.75) is 23.8 Å². The summed E-state index contributed by atoms with van der Waals surface area (Å²) in [6, 6.07) is 7.95. The van der Waals surface area contributed by atoms with Crippen LogP contribution in [0.4, 0.5) is 4.39 Å². The summed E-state index contributed by atoms with van der Waals surface area (Å²) in [5, 5.41) is 10.8. The Balaban J connectivity index is 1.85. The van der Waals surface area contributed by atoms with Crippen molar-refractivity contribution in [2.75, 3.05) is 13.6 Å². The van der Waals surface area contributed by atoms with Crippen LogP contribution in [0.1, 0.15) is 13.3 Å². The maximum absolute atomic E-state index is 13.2. The molecular formula is C19H17FN4O2S2. The minimum absolute atomic E-state index is 0.138. The molecule has 0 spiro atoms. The number of carbonyl (C=O) groups is 1. The second-order valence-corrected chi connectivity index (χ2v) is 8.32. The molecule has 3 aromatic rings. The number of benzene rings is 1. The van der Waals surface area contributed by atoms with Gasteiger partial charge in [-0.3, -0.25) is 9.59 Å². The van der Waals surface area contributed by atoms with E-state index < -0.39 is 5.25 Å². The number of amides is 1. The maximum atomic E-state index is 13.2. The summed E-state index contributed by atoms with van der Waals surface area (Å²) in [5.41, 5.74) is 1.14. The summed E-state index contributed by atoms with van der Waals surface area (Å²) in [7, 11) is 1.64. The molecule has 0 radical (unpaired) electrons. The first kappa shape index (κ1) is 20.0. The van der Waals surface area contributed by atoms with E-state index in [1.54, 1.807) is 26.1 Å². The molecule has 0 fully saturated rings. The van der Waals surface area contributed by atoms with Crippen molar-refractivity contribution in [3.05, 3.63) is 45.8 Å². The van der Waals surface area contributed by atoms with Crippen molar-refractivity contribution in [3.8, 4) is 17.2 Å². The number of nitrogens with one attached hydrogen (secondary N) is 1. The minimum Gasteiger partial charge on any atom is -0.344 e. The SMILES string of the molecule is C[C@@H](Sc1nc2scc(-c3ccc(F)cc3)c2c(=O)[nH]1)C(=O)N(C)CCC#N. The van der Waals surface area contributed by atoms with Crippen LogP contribution in [-0.4, -0.2) is 39.6 Å². The molecule has 1 atom stereocenters. The van der Waals surface area contributed by atoms with Crippen LogP contribution in [0.25, 0.3) is 21.3 Å². The Morgan fingerprint density at radius 3 is 2.82 bits per heavy atom. The molecule has 0 unspecified atom stereocenters. The smallest absolute Gasteiger partial charge is 0.260 e. The number of hydrogen-bond acceptors (Lipinski definition) is 6. The highest BCUT2D eigenvalue weighted by molar-refractivity contribution is 8.00. The van der Waals surface area contributed by atoms with E-state index in [2.05, 4.69) is 9.97 Å². The number of thiophene rings is 1. The molecule has 2 heterocycles. The largest absolute Gasteiger partial charge is 0.344 e. The zero-order valence-electron chi connectivity index (χ0n) is 15.2. The van der Waals surface area contributed by atoms with Crippen molar-refractivity contribution in [3.63, 3.8) is 0 Å². The van der Waals surface area contributed by atoms with E-state index in [0.29, 0.717) is 27.5 Å². The van der Waals surface area contributed by atoms with E-state index in [9.17, 15) is 14.0 Å². The number of carbonyl (C=O) groups excluding carboxylic acids is 1. The van der Waals surface area contributed by atoms with Gasteiger partial charge < -0.3 is 9.88 Å². The van der Waals surface area contributed by atoms with Crippen molar-refractivity contribution >= 4 is 39.2 Å². The first-order valence-electron chi connectivity index (χ1n) is 8.46. The lowest BCUT2D eigenvalue weighted by Gasteiger charge is -2.19. The fourth-order valence-electron chi connectivity index (χ4n) is 2.68. The fourth-order valence-corrected chi connectivity index (χ4v) is 4.60. The highest BCUT2D eigenvalue weighted by Crippen LogP contribution is 2.32. The molecule has 0 saturated heterocycles. The Morgan fingerprint density at radius 2 is 2.14 bits per heavy atom. The molecule has 0 aliphatic carbocycles. The lowest BCUT2D eigenvalue weighted by atomic mass is 10.1. The lowest BCUT2D eigenvalue weighted by molar-refractivity contribution is -0.128. The number of aromatic nitrogens is 2. The third kappa shape index (κ3) is 4.24. The predicted octanol–water partition coefficient (Wildman–Crippen LogP) is 3.64. The summed E-state index contributed by atoms with van der Waals surface area (Å²) in [4.78, 5) is 34.3. The summed E-state index contributed by atoms with van der Waals surface area (Å²) in [5.74, 6) is -0.478. The van der Waals surface area contributed by atoms with E-state index in [0.717, 1.165) is 5.56 Å². The zero-order valence-corrected chi connectivity index (χ0v) is 16.9. The molecule has 0 aliphatic heterocycles. The van der Waals surface area contributed by atoms with Crippen LogP contribution in [0, 0.1) is 17.1 Å². The van der Waals surface area contributed by atoms with E-state index in [1.807, 2.05) is 11.4 Å². The second kappa shape index (κ2) is 8.54. The van der Waals surface area contributed by atoms with Gasteiger partial charge in [-0.25, -0.2) is 9.37 Å². The number of H-pyrrole nitrogens is 1. The average Bonchev–Trinajstić information content (AvgIpc) is 3.10. The molecule has 2 aromatic heterocycles. The summed E-state index contributed by atoms with van der Waals surface area (Å²) >= 11 is 2.49. The van der Waals surface area contributed by atoms with Crippen LogP contribution in [0.2, 0.25) is 0 Å². The van der Waals surface area contributed by atoms with Crippen LogP contribution >= 0.6 is 23.1 Å². The van der Waals surface area contributed by atoms with Gasteiger partial charge in [-0.2, -0.15) is 5.26 Å². The molecule has 0 bridgehead atoms. The number of hydrogen-bond donors (Lipinski definition) is 1. The molecule has 6 nitrogen and oxygen atoms in total. The van der Waals surface area contributed by atoms with Gasteiger partial charge in [-0.15, -0.1) is 11.3 Å². The molecule has 0 saturated carbocycles. The van der Waals surface area contributed by atoms with Crippen molar-refractivity contribution in [1.29, 1.82) is 5.26 Å². The molecule has 144 valence electrons. The first-order valence-corrected chi connectivity index (χ1v) is 10.2. The van der Waals surface area contributed by atoms with Gasteiger partial charge in [-0.1, -0.05) is 23.9 Å². The van der Waals surface area contributed by atoms with Gasteiger partial charge in [-0.05, 0) is 24.6 Å². The molecular weight excluding hydrogens is 399 g/mol. The van der Waals surface area contributed by atoms with Crippen LogP contribution in [0.3, 0.4) is 0 Å². The monoisotopic (exact) mass is 416 g/mol. The normalized spacial score (nSPS) is 11.9. The fraction of sp³-hybridized carbons (Fsp3) is 0.263. The topological polar surface area (TPSA) is 89.8 Å². The Labute approximate surface area is 169 Å². The lowest BCUT2D eigenvalue weighted by Crippen LogP contribution is -2.34. The Kier molecular flexibility index (Phi) is 6.11. The molecule has 0 aliphatic rings. The van der Waals surface area contributed by atoms with Gasteiger partial charge in [0, 0.05) is 24.5 Å². The van der Waals surface area contributed by atoms with Crippen LogP contribution < -0.4 is 5.56 Å². The zero-order chi connectivity index (χ0) is 20.3. The van der Waals surface area contributed by atoms with E-state index in [-0.39, 0.29) is 23.7 Å². The van der Waals surface area contributed by atoms with Gasteiger partial charge in [0.2, 0.25) is 5.91 Å². The number of rotatable bonds is 6. The molecule has 28 heavy (non-hydrogen) atoms. The van der Waals surface area contributed by atoms with Gasteiger partial charge in [0.05, 0.1) is 23.1 Å². The third-order valence-corrected chi connectivity index (χ3v) is 5.99. The third-order valence-electron chi connectivity index (χ3n) is 4.15. The molecule has 3 rings (SSSR count). The van der Waals surface area contributed by atoms with Gasteiger partial charge >= 0.3 is 0 Å². The predicted molar refractivity (Wildman–Crippen MR) is 109 cm³/mol. The van der Waals surface area contributed by atoms with Gasteiger partial charge in [0.1, 0.15) is 10.6 Å². The van der Waals surface area contributed by atoms with E-state index in [1.165, 1.54) is 40.1 Å². The van der Waals surface area contributed by atoms with Crippen molar-refractivity contribution in [1.82, 2.24) is 14.9 Å². The molecule has 1 amide bonds. The first-order chi connectivity index (χ1) is 13.4. The summed E-state index contributed by atoms with van der Waals surface area (Å²) in [6.45, 7) is 2.09. The van der Waals surface area contributed by atoms with Crippen molar-refractivity contribution in [2.24, 2.45) is 0 Å². The Hall–Kier alpha value is -2.70. The molecule has 1 N–H and O–H groups in total. The number of nitriles is 1. The summed E-state index contributed by atoms with van der Waals surface area (Å²) in [6.07, 6.45) is 0.266. The highest BCUT2D eigenvalue weighted by Gasteiger charge is 2.21. The second-order valence-electron chi connectivity index (χ2n) is 6.14. The number of fused-ring (bicyclic) bond motifs is 1. The number of nitrogens with zero attached hydrogens (tertiary/aromatic N) is 3. The van der Waals surface area contributed by atoms with Gasteiger partial charge in [0.25, 0.3) is 5.56 Å². The quantitative estimate of drug-likeness (QED) is 0.489. The summed E-state index contributed by atoms with van der Waals surface area (Å²) < 4.78 is 13.2. The Bertz CT molecular complexity index is 1100. The van der Waals surface area contributed by atoms with Crippen molar-refractivity contribution < 1.29 is 9.18 Å². The van der Waals surface area contributed by atoms with Crippen LogP contribution in [0.5, 0.6) is 0 Å². The number of aromatic amines is 1. The van der Waals surface area contributed by atoms with E-state index >= 15 is 0 Å². The highest BCUT2D eigenvalue weighted by atomic mass is 32.2. The van der Waals surface area contributed by atoms with Crippen LogP contribution in [-0.2, 0) is 4.79 Å². The number of halogens is 1. The molecule has 1 aromatic carbocycles. The standard InChI is InChI=1S/C19H17FN4O2S2/c1-11(18(26)24(2)9-3-8-21)28-19-22-16(25)15-14(10-27-17(15)23-19)12-4-6-13(20)7-5-12/h4-7,10-11H,3,9H2,1-2H3,(H,22,23,25)/t11-/m1/s1.